The van der Waals surface area contributed by atoms with Crippen molar-refractivity contribution < 1.29 is 4.79 Å². The molecular weight excluding hydrogens is 340 g/mol. The molecule has 7 heteroatoms. The number of carbonyl (C=O) groups excluding carboxylic acids is 1. The van der Waals surface area contributed by atoms with Gasteiger partial charge in [0.1, 0.15) is 17.3 Å². The lowest BCUT2D eigenvalue weighted by molar-refractivity contribution is -0.119. The number of aryl methyl sites for hydroxylation is 1. The number of fused-ring (bicyclic) bond motifs is 1. The van der Waals surface area contributed by atoms with Crippen molar-refractivity contribution in [2.24, 2.45) is 0 Å². The SMILES string of the molecule is Cc1cc(C(C)NC(=O)CCl)c2nc(N3CCCCC3)cc(=O)n2c1. The van der Waals surface area contributed by atoms with E-state index in [0.29, 0.717) is 11.5 Å². The summed E-state index contributed by atoms with van der Waals surface area (Å²) in [5.74, 6) is 0.370. The summed E-state index contributed by atoms with van der Waals surface area (Å²) in [6.45, 7) is 5.63. The Morgan fingerprint density at radius 3 is 2.72 bits per heavy atom. The number of nitrogens with zero attached hydrogens (tertiary/aromatic N) is 3. The lowest BCUT2D eigenvalue weighted by atomic mass is 10.1. The van der Waals surface area contributed by atoms with E-state index < -0.39 is 0 Å². The third-order valence-corrected chi connectivity index (χ3v) is 4.80. The maximum Gasteiger partial charge on any atom is 0.259 e. The molecule has 0 bridgehead atoms. The molecule has 2 aromatic heterocycles. The zero-order chi connectivity index (χ0) is 18.0. The normalized spacial score (nSPS) is 16.0. The lowest BCUT2D eigenvalue weighted by Crippen LogP contribution is -2.32. The smallest absolute Gasteiger partial charge is 0.259 e. The van der Waals surface area contributed by atoms with Crippen molar-refractivity contribution in [3.63, 3.8) is 0 Å². The van der Waals surface area contributed by atoms with Crippen LogP contribution in [0.25, 0.3) is 5.65 Å². The van der Waals surface area contributed by atoms with Gasteiger partial charge in [-0.2, -0.15) is 0 Å². The number of piperidine rings is 1. The zero-order valence-corrected chi connectivity index (χ0v) is 15.3. The molecule has 0 radical (unpaired) electrons. The Morgan fingerprint density at radius 2 is 2.04 bits per heavy atom. The van der Waals surface area contributed by atoms with E-state index in [2.05, 4.69) is 10.2 Å². The Labute approximate surface area is 151 Å². The van der Waals surface area contributed by atoms with Crippen LogP contribution in [0.1, 0.15) is 43.4 Å². The van der Waals surface area contributed by atoms with Crippen LogP contribution in [0.15, 0.2) is 23.1 Å². The molecule has 1 saturated heterocycles. The van der Waals surface area contributed by atoms with Crippen molar-refractivity contribution >= 4 is 29.0 Å². The molecule has 3 rings (SSSR count). The summed E-state index contributed by atoms with van der Waals surface area (Å²) in [4.78, 5) is 31.2. The number of hydrogen-bond acceptors (Lipinski definition) is 4. The van der Waals surface area contributed by atoms with Crippen LogP contribution < -0.4 is 15.8 Å². The molecule has 25 heavy (non-hydrogen) atoms. The summed E-state index contributed by atoms with van der Waals surface area (Å²) in [5, 5.41) is 2.84. The first-order valence-corrected chi connectivity index (χ1v) is 9.17. The number of halogens is 1. The van der Waals surface area contributed by atoms with E-state index in [-0.39, 0.29) is 23.4 Å². The van der Waals surface area contributed by atoms with Gasteiger partial charge in [0.05, 0.1) is 6.04 Å². The van der Waals surface area contributed by atoms with Gasteiger partial charge in [-0.1, -0.05) is 0 Å². The molecule has 0 aliphatic carbocycles. The summed E-state index contributed by atoms with van der Waals surface area (Å²) < 4.78 is 1.56. The molecule has 1 N–H and O–H groups in total. The molecule has 1 unspecified atom stereocenters. The first-order valence-electron chi connectivity index (χ1n) is 8.64. The molecule has 1 atom stereocenters. The number of nitrogens with one attached hydrogen (secondary N) is 1. The van der Waals surface area contributed by atoms with Gasteiger partial charge < -0.3 is 10.2 Å². The topological polar surface area (TPSA) is 66.7 Å². The first-order chi connectivity index (χ1) is 12.0. The van der Waals surface area contributed by atoms with Crippen LogP contribution in [0.4, 0.5) is 5.82 Å². The molecule has 0 spiro atoms. The van der Waals surface area contributed by atoms with Crippen LogP contribution in [0.2, 0.25) is 0 Å². The van der Waals surface area contributed by atoms with Crippen molar-refractivity contribution in [1.82, 2.24) is 14.7 Å². The Kier molecular flexibility index (Phi) is 5.27. The first kappa shape index (κ1) is 17.7. The van der Waals surface area contributed by atoms with Crippen LogP contribution in [-0.2, 0) is 4.79 Å². The van der Waals surface area contributed by atoms with E-state index >= 15 is 0 Å². The minimum Gasteiger partial charge on any atom is -0.356 e. The van der Waals surface area contributed by atoms with Crippen LogP contribution in [0.5, 0.6) is 0 Å². The van der Waals surface area contributed by atoms with Gasteiger partial charge >= 0.3 is 0 Å². The van der Waals surface area contributed by atoms with Crippen molar-refractivity contribution in [2.75, 3.05) is 23.9 Å². The number of aromatic nitrogens is 2. The maximum atomic E-state index is 12.6. The Morgan fingerprint density at radius 1 is 1.32 bits per heavy atom. The number of rotatable bonds is 4. The van der Waals surface area contributed by atoms with E-state index in [1.165, 1.54) is 6.42 Å². The maximum absolute atomic E-state index is 12.6. The predicted molar refractivity (Wildman–Crippen MR) is 99.5 cm³/mol. The van der Waals surface area contributed by atoms with Gasteiger partial charge in [0, 0.05) is 30.9 Å². The summed E-state index contributed by atoms with van der Waals surface area (Å²) in [5.41, 5.74) is 2.23. The van der Waals surface area contributed by atoms with E-state index in [4.69, 9.17) is 16.6 Å². The number of carbonyl (C=O) groups is 1. The standard InChI is InChI=1S/C18H23ClN4O2/c1-12-8-14(13(2)20-16(24)10-19)18-21-15(9-17(25)23(18)11-12)22-6-4-3-5-7-22/h8-9,11,13H,3-7,10H2,1-2H3,(H,20,24). The Bertz CT molecular complexity index is 843. The summed E-state index contributed by atoms with van der Waals surface area (Å²) >= 11 is 5.60. The second kappa shape index (κ2) is 7.44. The minimum absolute atomic E-state index is 0.0967. The number of pyridine rings is 1. The van der Waals surface area contributed by atoms with E-state index in [1.54, 1.807) is 16.7 Å². The van der Waals surface area contributed by atoms with E-state index in [0.717, 1.165) is 37.1 Å². The average Bonchev–Trinajstić information content (AvgIpc) is 2.62. The van der Waals surface area contributed by atoms with Gasteiger partial charge in [-0.05, 0) is 44.7 Å². The summed E-state index contributed by atoms with van der Waals surface area (Å²) in [7, 11) is 0. The molecule has 0 aromatic carbocycles. The van der Waals surface area contributed by atoms with Gasteiger partial charge in [0.25, 0.3) is 5.56 Å². The van der Waals surface area contributed by atoms with Crippen LogP contribution in [0, 0.1) is 6.92 Å². The van der Waals surface area contributed by atoms with Crippen molar-refractivity contribution in [3.8, 4) is 0 Å². The lowest BCUT2D eigenvalue weighted by Gasteiger charge is -2.28. The fourth-order valence-corrected chi connectivity index (χ4v) is 3.40. The molecule has 1 aliphatic heterocycles. The largest absolute Gasteiger partial charge is 0.356 e. The highest BCUT2D eigenvalue weighted by Crippen LogP contribution is 2.22. The van der Waals surface area contributed by atoms with Gasteiger partial charge in [0.2, 0.25) is 5.91 Å². The monoisotopic (exact) mass is 362 g/mol. The number of alkyl halides is 1. The molecule has 6 nitrogen and oxygen atoms in total. The fourth-order valence-electron chi connectivity index (χ4n) is 3.32. The van der Waals surface area contributed by atoms with Gasteiger partial charge in [0.15, 0.2) is 0 Å². The van der Waals surface area contributed by atoms with Crippen LogP contribution >= 0.6 is 11.6 Å². The molecule has 0 saturated carbocycles. The van der Waals surface area contributed by atoms with Crippen LogP contribution in [-0.4, -0.2) is 34.3 Å². The zero-order valence-electron chi connectivity index (χ0n) is 14.6. The Balaban J connectivity index is 2.10. The van der Waals surface area contributed by atoms with Crippen molar-refractivity contribution in [2.45, 2.75) is 39.2 Å². The Hall–Kier alpha value is -2.08. The van der Waals surface area contributed by atoms with Gasteiger partial charge in [-0.25, -0.2) is 4.98 Å². The van der Waals surface area contributed by atoms with Crippen LogP contribution in [0.3, 0.4) is 0 Å². The molecular formula is C18H23ClN4O2. The number of anilines is 1. The highest BCUT2D eigenvalue weighted by molar-refractivity contribution is 6.27. The summed E-state index contributed by atoms with van der Waals surface area (Å²) in [6, 6.07) is 3.27. The minimum atomic E-state index is -0.287. The molecule has 2 aromatic rings. The number of hydrogen-bond donors (Lipinski definition) is 1. The fraction of sp³-hybridized carbons (Fsp3) is 0.500. The number of amides is 1. The molecule has 1 amide bonds. The third kappa shape index (κ3) is 3.79. The van der Waals surface area contributed by atoms with Crippen molar-refractivity contribution in [3.05, 3.63) is 39.8 Å². The quantitative estimate of drug-likeness (QED) is 0.848. The molecule has 1 fully saturated rings. The molecule has 134 valence electrons. The third-order valence-electron chi connectivity index (χ3n) is 4.56. The molecule has 3 heterocycles. The van der Waals surface area contributed by atoms with E-state index in [9.17, 15) is 9.59 Å². The van der Waals surface area contributed by atoms with Gasteiger partial charge in [-0.15, -0.1) is 11.6 Å². The van der Waals surface area contributed by atoms with Crippen molar-refractivity contribution in [1.29, 1.82) is 0 Å². The molecule has 1 aliphatic rings. The second-order valence-electron chi connectivity index (χ2n) is 6.59. The second-order valence-corrected chi connectivity index (χ2v) is 6.86. The highest BCUT2D eigenvalue weighted by Gasteiger charge is 2.18. The summed E-state index contributed by atoms with van der Waals surface area (Å²) in [6.07, 6.45) is 5.23. The predicted octanol–water partition coefficient (Wildman–Crippen LogP) is 2.41. The van der Waals surface area contributed by atoms with E-state index in [1.807, 2.05) is 19.9 Å². The highest BCUT2D eigenvalue weighted by atomic mass is 35.5. The van der Waals surface area contributed by atoms with Gasteiger partial charge in [-0.3, -0.25) is 14.0 Å². The average molecular weight is 363 g/mol.